The van der Waals surface area contributed by atoms with Crippen molar-refractivity contribution in [2.45, 2.75) is 56.8 Å². The smallest absolute Gasteiger partial charge is 0.248 e. The van der Waals surface area contributed by atoms with Gasteiger partial charge < -0.3 is 35.6 Å². The molecule has 0 bridgehead atoms. The molecule has 4 N–H and O–H groups in total. The number of primary amides is 1. The molecule has 12 heteroatoms. The van der Waals surface area contributed by atoms with E-state index in [1.807, 2.05) is 0 Å². The lowest BCUT2D eigenvalue weighted by molar-refractivity contribution is -0.148. The van der Waals surface area contributed by atoms with Crippen LogP contribution in [0.3, 0.4) is 0 Å². The second-order valence-corrected chi connectivity index (χ2v) is 8.73. The fourth-order valence-electron chi connectivity index (χ4n) is 4.48. The summed E-state index contributed by atoms with van der Waals surface area (Å²) in [5.41, 5.74) is 5.42. The lowest BCUT2D eigenvalue weighted by atomic mass is 10.1. The Bertz CT molecular complexity index is 1010. The van der Waals surface area contributed by atoms with Gasteiger partial charge in [-0.3, -0.25) is 24.0 Å². The van der Waals surface area contributed by atoms with E-state index >= 15 is 0 Å². The van der Waals surface area contributed by atoms with Crippen LogP contribution in [0.25, 0.3) is 0 Å². The maximum absolute atomic E-state index is 13.5. The number of amides is 5. The van der Waals surface area contributed by atoms with Crippen molar-refractivity contribution in [3.8, 4) is 23.7 Å². The van der Waals surface area contributed by atoms with E-state index in [2.05, 4.69) is 34.3 Å². The van der Waals surface area contributed by atoms with Crippen LogP contribution >= 0.6 is 0 Å². The lowest BCUT2D eigenvalue weighted by Gasteiger charge is -2.33. The second kappa shape index (κ2) is 12.9. The molecular weight excluding hydrogens is 470 g/mol. The fourth-order valence-corrected chi connectivity index (χ4v) is 4.48. The zero-order chi connectivity index (χ0) is 26.1. The van der Waals surface area contributed by atoms with Crippen LogP contribution in [0.1, 0.15) is 32.6 Å². The Kier molecular flexibility index (Phi) is 9.68. The van der Waals surface area contributed by atoms with Crippen molar-refractivity contribution in [1.82, 2.24) is 20.4 Å². The van der Waals surface area contributed by atoms with Crippen molar-refractivity contribution in [3.63, 3.8) is 0 Å². The van der Waals surface area contributed by atoms with Gasteiger partial charge in [0, 0.05) is 20.0 Å². The second-order valence-electron chi connectivity index (χ2n) is 8.73. The van der Waals surface area contributed by atoms with Gasteiger partial charge >= 0.3 is 0 Å². The van der Waals surface area contributed by atoms with E-state index in [0.29, 0.717) is 38.8 Å². The highest BCUT2D eigenvalue weighted by molar-refractivity contribution is 5.96. The minimum atomic E-state index is -1.09. The van der Waals surface area contributed by atoms with Crippen LogP contribution in [0.4, 0.5) is 0 Å². The van der Waals surface area contributed by atoms with E-state index in [1.165, 1.54) is 16.7 Å². The molecule has 3 heterocycles. The Balaban J connectivity index is 1.85. The van der Waals surface area contributed by atoms with Crippen molar-refractivity contribution in [1.29, 1.82) is 0 Å². The summed E-state index contributed by atoms with van der Waals surface area (Å²) in [6.45, 7) is 1.62. The normalized spacial score (nSPS) is 28.0. The molecule has 3 aliphatic rings. The molecule has 4 atom stereocenters. The minimum Gasteiger partial charge on any atom is -0.368 e. The average molecular weight is 502 g/mol. The van der Waals surface area contributed by atoms with Crippen molar-refractivity contribution in [2.24, 2.45) is 5.73 Å². The monoisotopic (exact) mass is 501 g/mol. The number of hydrogen-bond donors (Lipinski definition) is 3. The van der Waals surface area contributed by atoms with Gasteiger partial charge in [0.25, 0.3) is 0 Å². The van der Waals surface area contributed by atoms with Gasteiger partial charge in [0.15, 0.2) is 0 Å². The highest BCUT2D eigenvalue weighted by Gasteiger charge is 2.43. The maximum Gasteiger partial charge on any atom is 0.248 e. The molecule has 2 fully saturated rings. The predicted molar refractivity (Wildman–Crippen MR) is 125 cm³/mol. The van der Waals surface area contributed by atoms with E-state index in [0.717, 1.165) is 0 Å². The summed E-state index contributed by atoms with van der Waals surface area (Å²) >= 11 is 0. The fraction of sp³-hybridized carbons (Fsp3) is 0.625. The Labute approximate surface area is 209 Å². The zero-order valence-electron chi connectivity index (χ0n) is 20.2. The van der Waals surface area contributed by atoms with Crippen LogP contribution < -0.4 is 16.4 Å². The number of carbonyl (C=O) groups is 5. The molecule has 0 aliphatic carbocycles. The molecule has 36 heavy (non-hydrogen) atoms. The summed E-state index contributed by atoms with van der Waals surface area (Å²) in [4.78, 5) is 66.3. The number of rotatable bonds is 2. The van der Waals surface area contributed by atoms with Gasteiger partial charge in [-0.2, -0.15) is 0 Å². The highest BCUT2D eigenvalue weighted by Crippen LogP contribution is 2.25. The molecule has 0 aromatic rings. The van der Waals surface area contributed by atoms with E-state index in [9.17, 15) is 24.0 Å². The van der Waals surface area contributed by atoms with Crippen LogP contribution in [0.5, 0.6) is 0 Å². The molecule has 0 aromatic heterocycles. The first-order valence-electron chi connectivity index (χ1n) is 11.9. The van der Waals surface area contributed by atoms with Gasteiger partial charge in [-0.05, 0) is 37.5 Å². The van der Waals surface area contributed by atoms with Crippen molar-refractivity contribution in [3.05, 3.63) is 0 Å². The number of nitrogens with zero attached hydrogens (tertiary/aromatic N) is 2. The Morgan fingerprint density at radius 2 is 1.53 bits per heavy atom. The quantitative estimate of drug-likeness (QED) is 0.353. The van der Waals surface area contributed by atoms with Crippen molar-refractivity contribution in [2.75, 3.05) is 39.5 Å². The van der Waals surface area contributed by atoms with Crippen LogP contribution in [0.2, 0.25) is 0 Å². The number of carbonyl (C=O) groups excluding carboxylic acids is 5. The van der Waals surface area contributed by atoms with Crippen molar-refractivity contribution >= 4 is 29.5 Å². The standard InChI is InChI=1S/C24H31N5O7/c1-16(30)26-18-15-36-13-5-3-2-4-12-35-14-17(21(25)31)27-22(32)19-8-6-10-28(19)24(34)20-9-7-11-29(20)23(18)33/h17-20H,6-15H2,1H3,(H2,25,31)(H,26,30)(H,27,32)/t17-,18-,19-,20-/m0/s1. The highest BCUT2D eigenvalue weighted by atomic mass is 16.5. The van der Waals surface area contributed by atoms with E-state index in [1.54, 1.807) is 0 Å². The van der Waals surface area contributed by atoms with Gasteiger partial charge in [-0.25, -0.2) is 0 Å². The van der Waals surface area contributed by atoms with Crippen LogP contribution in [-0.4, -0.2) is 103 Å². The third kappa shape index (κ3) is 6.97. The van der Waals surface area contributed by atoms with Crippen molar-refractivity contribution < 1.29 is 33.4 Å². The molecule has 3 rings (SSSR count). The molecule has 0 spiro atoms. The topological polar surface area (TPSA) is 160 Å². The van der Waals surface area contributed by atoms with Gasteiger partial charge in [0.1, 0.15) is 37.4 Å². The van der Waals surface area contributed by atoms with Gasteiger partial charge in [0.2, 0.25) is 29.5 Å². The molecule has 0 saturated carbocycles. The summed E-state index contributed by atoms with van der Waals surface area (Å²) in [5.74, 6) is 7.99. The molecule has 2 saturated heterocycles. The van der Waals surface area contributed by atoms with Crippen LogP contribution in [0, 0.1) is 23.7 Å². The molecule has 0 radical (unpaired) electrons. The summed E-state index contributed by atoms with van der Waals surface area (Å²) in [6.07, 6.45) is 2.05. The number of nitrogens with one attached hydrogen (secondary N) is 2. The summed E-state index contributed by atoms with van der Waals surface area (Å²) in [5, 5.41) is 5.16. The molecule has 194 valence electrons. The molecule has 0 unspecified atom stereocenters. The van der Waals surface area contributed by atoms with E-state index in [-0.39, 0.29) is 32.3 Å². The zero-order valence-corrected chi connectivity index (χ0v) is 20.2. The summed E-state index contributed by atoms with van der Waals surface area (Å²) in [6, 6.07) is -3.65. The minimum absolute atomic E-state index is 0.0213. The van der Waals surface area contributed by atoms with E-state index in [4.69, 9.17) is 15.2 Å². The lowest BCUT2D eigenvalue weighted by Crippen LogP contribution is -2.58. The van der Waals surface area contributed by atoms with Gasteiger partial charge in [0.05, 0.1) is 13.2 Å². The molecule has 3 aliphatic heterocycles. The molecule has 0 aromatic carbocycles. The largest absolute Gasteiger partial charge is 0.368 e. The first-order chi connectivity index (χ1) is 17.3. The Morgan fingerprint density at radius 3 is 2.14 bits per heavy atom. The van der Waals surface area contributed by atoms with Gasteiger partial charge in [-0.1, -0.05) is 11.8 Å². The van der Waals surface area contributed by atoms with Crippen LogP contribution in [-0.2, 0) is 33.4 Å². The molecular formula is C24H31N5O7. The number of nitrogens with two attached hydrogens (primary N) is 1. The van der Waals surface area contributed by atoms with Crippen LogP contribution in [0.15, 0.2) is 0 Å². The summed E-state index contributed by atoms with van der Waals surface area (Å²) in [7, 11) is 0. The number of ether oxygens (including phenoxy) is 2. The molecule has 5 amide bonds. The predicted octanol–water partition coefficient (Wildman–Crippen LogP) is -2.50. The van der Waals surface area contributed by atoms with Gasteiger partial charge in [-0.15, -0.1) is 0 Å². The average Bonchev–Trinajstić information content (AvgIpc) is 3.52. The Morgan fingerprint density at radius 1 is 0.944 bits per heavy atom. The third-order valence-corrected chi connectivity index (χ3v) is 6.15. The number of hydrogen-bond acceptors (Lipinski definition) is 7. The first-order valence-corrected chi connectivity index (χ1v) is 11.9. The SMILES string of the molecule is CC(=O)N[C@H]1COCC#CC#CCOC[C@@H](C(N)=O)NC(=O)[C@@H]2CCCN2C(=O)[C@@H]2CCCN2C1=O. The maximum atomic E-state index is 13.5. The molecule has 12 nitrogen and oxygen atoms in total. The summed E-state index contributed by atoms with van der Waals surface area (Å²) < 4.78 is 10.8. The van der Waals surface area contributed by atoms with E-state index < -0.39 is 47.8 Å². The third-order valence-electron chi connectivity index (χ3n) is 6.15. The number of fused-ring (bicyclic) bond motifs is 2. The first kappa shape index (κ1) is 27.0. The Hall–Kier alpha value is -3.61.